The number of benzene rings is 4. The van der Waals surface area contributed by atoms with Crippen molar-refractivity contribution in [3.05, 3.63) is 108 Å². The fourth-order valence-corrected chi connectivity index (χ4v) is 4.34. The molecular formula is C26H19F3N2O. The second-order valence-corrected chi connectivity index (χ2v) is 7.85. The Balaban J connectivity index is 1.76. The molecule has 0 bridgehead atoms. The van der Waals surface area contributed by atoms with Gasteiger partial charge in [0.05, 0.1) is 17.4 Å². The molecule has 6 heteroatoms. The number of aliphatic hydroxyl groups is 1. The maximum Gasteiger partial charge on any atom is 0.425 e. The van der Waals surface area contributed by atoms with Crippen LogP contribution in [0.3, 0.4) is 0 Å². The summed E-state index contributed by atoms with van der Waals surface area (Å²) in [5, 5.41) is 17.3. The van der Waals surface area contributed by atoms with Gasteiger partial charge in [-0.3, -0.25) is 0 Å². The number of rotatable bonds is 3. The van der Waals surface area contributed by atoms with E-state index in [0.717, 1.165) is 5.69 Å². The molecule has 4 aromatic carbocycles. The van der Waals surface area contributed by atoms with E-state index < -0.39 is 11.8 Å². The minimum atomic E-state index is -4.94. The summed E-state index contributed by atoms with van der Waals surface area (Å²) in [4.78, 5) is 0. The van der Waals surface area contributed by atoms with Crippen LogP contribution in [-0.2, 0) is 5.60 Å². The number of para-hydroxylation sites is 1. The molecule has 1 aromatic heterocycles. The van der Waals surface area contributed by atoms with Crippen LogP contribution in [0.1, 0.15) is 16.7 Å². The van der Waals surface area contributed by atoms with Gasteiger partial charge in [-0.1, -0.05) is 60.7 Å². The van der Waals surface area contributed by atoms with E-state index in [0.29, 0.717) is 27.2 Å². The average molecular weight is 432 g/mol. The summed E-state index contributed by atoms with van der Waals surface area (Å²) >= 11 is 0. The summed E-state index contributed by atoms with van der Waals surface area (Å²) < 4.78 is 45.4. The van der Waals surface area contributed by atoms with Crippen LogP contribution in [0.15, 0.2) is 91.1 Å². The number of alkyl halides is 3. The number of hydrogen-bond acceptors (Lipinski definition) is 2. The monoisotopic (exact) mass is 432 g/mol. The molecule has 1 N–H and O–H groups in total. The smallest absolute Gasteiger partial charge is 0.372 e. The minimum Gasteiger partial charge on any atom is -0.372 e. The van der Waals surface area contributed by atoms with Crippen molar-refractivity contribution in [2.45, 2.75) is 18.7 Å². The Morgan fingerprint density at radius 2 is 1.53 bits per heavy atom. The molecule has 3 nitrogen and oxygen atoms in total. The Morgan fingerprint density at radius 1 is 0.812 bits per heavy atom. The van der Waals surface area contributed by atoms with Gasteiger partial charge < -0.3 is 5.11 Å². The van der Waals surface area contributed by atoms with Crippen molar-refractivity contribution >= 4 is 21.7 Å². The number of nitrogens with zero attached hydrogens (tertiary/aromatic N) is 2. The number of fused-ring (bicyclic) bond motifs is 2. The Bertz CT molecular complexity index is 1440. The fraction of sp³-hybridized carbons (Fsp3) is 0.115. The van der Waals surface area contributed by atoms with Gasteiger partial charge >= 0.3 is 6.18 Å². The van der Waals surface area contributed by atoms with Crippen LogP contribution < -0.4 is 0 Å². The second kappa shape index (κ2) is 7.21. The molecule has 32 heavy (non-hydrogen) atoms. The Labute approximate surface area is 182 Å². The highest BCUT2D eigenvalue weighted by Crippen LogP contribution is 2.48. The highest BCUT2D eigenvalue weighted by molar-refractivity contribution is 5.89. The first-order valence-corrected chi connectivity index (χ1v) is 10.1. The molecule has 0 fully saturated rings. The number of aryl methyl sites for hydroxylation is 1. The molecule has 0 aliphatic rings. The van der Waals surface area contributed by atoms with Crippen LogP contribution in [-0.4, -0.2) is 21.1 Å². The zero-order chi connectivity index (χ0) is 22.5. The van der Waals surface area contributed by atoms with Crippen molar-refractivity contribution in [2.24, 2.45) is 0 Å². The standard InChI is InChI=1S/C26H19F3N2O/c1-17-11-12-18-7-5-6-10-22(18)24(17)25(32,26(27,28)29)20-13-14-23-19(15-20)16-30-31(23)21-8-3-2-4-9-21/h2-16,32H,1H3. The van der Waals surface area contributed by atoms with Gasteiger partial charge in [-0.2, -0.15) is 18.3 Å². The largest absolute Gasteiger partial charge is 0.425 e. The zero-order valence-corrected chi connectivity index (χ0v) is 17.1. The van der Waals surface area contributed by atoms with E-state index in [1.807, 2.05) is 30.3 Å². The third kappa shape index (κ3) is 2.99. The van der Waals surface area contributed by atoms with E-state index in [-0.39, 0.29) is 11.1 Å². The lowest BCUT2D eigenvalue weighted by Gasteiger charge is -2.34. The molecule has 0 aliphatic carbocycles. The first kappa shape index (κ1) is 20.3. The lowest BCUT2D eigenvalue weighted by Crippen LogP contribution is -2.44. The van der Waals surface area contributed by atoms with Gasteiger partial charge in [-0.25, -0.2) is 4.68 Å². The molecule has 1 unspecified atom stereocenters. The van der Waals surface area contributed by atoms with E-state index in [1.54, 1.807) is 54.1 Å². The first-order valence-electron chi connectivity index (χ1n) is 10.1. The summed E-state index contributed by atoms with van der Waals surface area (Å²) in [5.74, 6) is 0. The third-order valence-corrected chi connectivity index (χ3v) is 5.90. The first-order chi connectivity index (χ1) is 15.3. The van der Waals surface area contributed by atoms with Crippen molar-refractivity contribution < 1.29 is 18.3 Å². The van der Waals surface area contributed by atoms with Crippen LogP contribution >= 0.6 is 0 Å². The summed E-state index contributed by atoms with van der Waals surface area (Å²) in [6, 6.07) is 23.8. The highest BCUT2D eigenvalue weighted by Gasteiger charge is 2.57. The Morgan fingerprint density at radius 3 is 2.28 bits per heavy atom. The van der Waals surface area contributed by atoms with Crippen LogP contribution in [0.2, 0.25) is 0 Å². The maximum atomic E-state index is 14.6. The van der Waals surface area contributed by atoms with Gasteiger partial charge in [0.25, 0.3) is 0 Å². The fourth-order valence-electron chi connectivity index (χ4n) is 4.34. The van der Waals surface area contributed by atoms with Crippen molar-refractivity contribution in [1.82, 2.24) is 9.78 Å². The third-order valence-electron chi connectivity index (χ3n) is 5.90. The molecule has 1 atom stereocenters. The van der Waals surface area contributed by atoms with Crippen LogP contribution in [0.4, 0.5) is 13.2 Å². The lowest BCUT2D eigenvalue weighted by molar-refractivity contribution is -0.248. The second-order valence-electron chi connectivity index (χ2n) is 7.85. The number of hydrogen-bond donors (Lipinski definition) is 1. The summed E-state index contributed by atoms with van der Waals surface area (Å²) in [6.07, 6.45) is -3.43. The van der Waals surface area contributed by atoms with Gasteiger partial charge in [0, 0.05) is 10.9 Å². The highest BCUT2D eigenvalue weighted by atomic mass is 19.4. The molecule has 160 valence electrons. The van der Waals surface area contributed by atoms with Gasteiger partial charge in [0.15, 0.2) is 0 Å². The predicted octanol–water partition coefficient (Wildman–Crippen LogP) is 6.29. The quantitative estimate of drug-likeness (QED) is 0.364. The van der Waals surface area contributed by atoms with E-state index >= 15 is 0 Å². The van der Waals surface area contributed by atoms with Gasteiger partial charge in [0.2, 0.25) is 5.60 Å². The molecular weight excluding hydrogens is 413 g/mol. The van der Waals surface area contributed by atoms with Gasteiger partial charge in [0.1, 0.15) is 0 Å². The molecule has 0 saturated heterocycles. The van der Waals surface area contributed by atoms with Crippen LogP contribution in [0.25, 0.3) is 27.4 Å². The minimum absolute atomic E-state index is 0.155. The summed E-state index contributed by atoms with van der Waals surface area (Å²) in [7, 11) is 0. The van der Waals surface area contributed by atoms with Crippen molar-refractivity contribution in [1.29, 1.82) is 0 Å². The molecule has 0 saturated carbocycles. The number of halogens is 3. The van der Waals surface area contributed by atoms with Crippen LogP contribution in [0.5, 0.6) is 0 Å². The van der Waals surface area contributed by atoms with Crippen molar-refractivity contribution in [3.63, 3.8) is 0 Å². The normalized spacial score (nSPS) is 14.0. The van der Waals surface area contributed by atoms with Crippen LogP contribution in [0, 0.1) is 6.92 Å². The zero-order valence-electron chi connectivity index (χ0n) is 17.1. The average Bonchev–Trinajstić information content (AvgIpc) is 3.22. The van der Waals surface area contributed by atoms with Crippen molar-refractivity contribution in [3.8, 4) is 5.69 Å². The lowest BCUT2D eigenvalue weighted by atomic mass is 9.80. The van der Waals surface area contributed by atoms with Gasteiger partial charge in [-0.15, -0.1) is 0 Å². The van der Waals surface area contributed by atoms with E-state index in [4.69, 9.17) is 0 Å². The maximum absolute atomic E-state index is 14.6. The van der Waals surface area contributed by atoms with E-state index in [9.17, 15) is 18.3 Å². The predicted molar refractivity (Wildman–Crippen MR) is 119 cm³/mol. The van der Waals surface area contributed by atoms with Gasteiger partial charge in [-0.05, 0) is 53.1 Å². The molecule has 5 aromatic rings. The topological polar surface area (TPSA) is 38.1 Å². The molecule has 0 aliphatic heterocycles. The Kier molecular flexibility index (Phi) is 4.57. The molecule has 0 spiro atoms. The Hall–Kier alpha value is -3.64. The van der Waals surface area contributed by atoms with Crippen molar-refractivity contribution in [2.75, 3.05) is 0 Å². The van der Waals surface area contributed by atoms with E-state index in [1.165, 1.54) is 18.3 Å². The van der Waals surface area contributed by atoms with E-state index in [2.05, 4.69) is 5.10 Å². The molecule has 5 rings (SSSR count). The number of aromatic nitrogens is 2. The molecule has 0 amide bonds. The summed E-state index contributed by atoms with van der Waals surface area (Å²) in [5.41, 5.74) is -1.77. The SMILES string of the molecule is Cc1ccc2ccccc2c1C(O)(c1ccc2c(cnn2-c2ccccc2)c1)C(F)(F)F. The molecule has 0 radical (unpaired) electrons. The molecule has 1 heterocycles. The summed E-state index contributed by atoms with van der Waals surface area (Å²) in [6.45, 7) is 1.59.